The second kappa shape index (κ2) is 9.67. The van der Waals surface area contributed by atoms with E-state index in [-0.39, 0.29) is 17.2 Å². The number of ether oxygens (including phenoxy) is 1. The number of aromatic hydroxyl groups is 1. The van der Waals surface area contributed by atoms with Crippen molar-refractivity contribution in [3.8, 4) is 11.5 Å². The van der Waals surface area contributed by atoms with Crippen molar-refractivity contribution in [2.75, 3.05) is 12.4 Å². The van der Waals surface area contributed by atoms with Crippen molar-refractivity contribution in [2.24, 2.45) is 4.99 Å². The van der Waals surface area contributed by atoms with Crippen molar-refractivity contribution in [1.29, 1.82) is 0 Å². The van der Waals surface area contributed by atoms with E-state index in [1.165, 1.54) is 11.3 Å². The molecule has 0 unspecified atom stereocenters. The molecule has 4 aromatic rings. The Labute approximate surface area is 211 Å². The van der Waals surface area contributed by atoms with Crippen molar-refractivity contribution in [2.45, 2.75) is 13.0 Å². The molecule has 0 bridgehead atoms. The van der Waals surface area contributed by atoms with Gasteiger partial charge in [-0.1, -0.05) is 53.8 Å². The van der Waals surface area contributed by atoms with E-state index in [4.69, 9.17) is 4.74 Å². The minimum Gasteiger partial charge on any atom is -0.508 e. The Morgan fingerprint density at radius 3 is 2.42 bits per heavy atom. The molecular formula is C28H23N3O4S. The number of amides is 1. The smallest absolute Gasteiger partial charge is 0.271 e. The number of methoxy groups -OCH3 is 1. The highest BCUT2D eigenvalue weighted by Gasteiger charge is 2.32. The van der Waals surface area contributed by atoms with Crippen LogP contribution in [0.4, 0.5) is 5.69 Å². The van der Waals surface area contributed by atoms with Crippen LogP contribution in [0.2, 0.25) is 0 Å². The lowest BCUT2D eigenvalue weighted by atomic mass is 9.95. The molecular weight excluding hydrogens is 474 g/mol. The van der Waals surface area contributed by atoms with E-state index in [2.05, 4.69) is 10.3 Å². The number of para-hydroxylation sites is 1. The molecule has 1 atom stereocenters. The number of nitrogens with zero attached hydrogens (tertiary/aromatic N) is 2. The Bertz CT molecular complexity index is 1630. The first-order valence-corrected chi connectivity index (χ1v) is 12.1. The maximum atomic E-state index is 13.7. The number of aromatic nitrogens is 1. The van der Waals surface area contributed by atoms with Gasteiger partial charge < -0.3 is 15.2 Å². The summed E-state index contributed by atoms with van der Waals surface area (Å²) in [4.78, 5) is 32.4. The maximum absolute atomic E-state index is 13.7. The van der Waals surface area contributed by atoms with Crippen LogP contribution in [0.5, 0.6) is 11.5 Å². The van der Waals surface area contributed by atoms with E-state index in [0.29, 0.717) is 32.0 Å². The third-order valence-corrected chi connectivity index (χ3v) is 6.90. The zero-order valence-electron chi connectivity index (χ0n) is 19.6. The molecule has 2 heterocycles. The van der Waals surface area contributed by atoms with Gasteiger partial charge in [0.1, 0.15) is 11.5 Å². The van der Waals surface area contributed by atoms with E-state index < -0.39 is 6.04 Å². The first-order chi connectivity index (χ1) is 17.4. The van der Waals surface area contributed by atoms with Gasteiger partial charge in [-0.05, 0) is 60.5 Å². The number of thiazole rings is 1. The van der Waals surface area contributed by atoms with Crippen LogP contribution in [0.3, 0.4) is 0 Å². The van der Waals surface area contributed by atoms with Crippen LogP contribution < -0.4 is 24.9 Å². The first-order valence-electron chi connectivity index (χ1n) is 11.3. The molecule has 0 spiro atoms. The largest absolute Gasteiger partial charge is 0.508 e. The molecule has 36 heavy (non-hydrogen) atoms. The first kappa shape index (κ1) is 23.3. The number of hydrogen-bond donors (Lipinski definition) is 2. The van der Waals surface area contributed by atoms with Gasteiger partial charge in [0, 0.05) is 5.69 Å². The molecule has 1 aliphatic rings. The zero-order chi connectivity index (χ0) is 25.2. The van der Waals surface area contributed by atoms with Gasteiger partial charge in [-0.3, -0.25) is 14.2 Å². The van der Waals surface area contributed by atoms with Gasteiger partial charge in [0.15, 0.2) is 4.80 Å². The fraction of sp³-hybridized carbons (Fsp3) is 0.107. The molecule has 5 rings (SSSR count). The van der Waals surface area contributed by atoms with Crippen molar-refractivity contribution >= 4 is 29.0 Å². The fourth-order valence-corrected chi connectivity index (χ4v) is 5.20. The molecule has 0 fully saturated rings. The van der Waals surface area contributed by atoms with Crippen LogP contribution in [0.1, 0.15) is 24.1 Å². The second-order valence-electron chi connectivity index (χ2n) is 8.27. The minimum atomic E-state index is -0.669. The standard InChI is InChI=1S/C28H23N3O4S/c1-17-24(26(33)30-20-6-4-3-5-7-20)25(19-10-14-22(35-2)15-11-19)31-27(34)23(36-28(31)29-17)16-18-8-12-21(32)13-9-18/h3-16,25,32H,1-2H3,(H,30,33)/b23-16+/t25-/m1/s1. The third-order valence-electron chi connectivity index (χ3n) is 5.92. The third kappa shape index (κ3) is 4.46. The van der Waals surface area contributed by atoms with Crippen LogP contribution in [-0.4, -0.2) is 22.7 Å². The highest BCUT2D eigenvalue weighted by atomic mass is 32.1. The normalized spacial score (nSPS) is 15.3. The van der Waals surface area contributed by atoms with E-state index in [9.17, 15) is 14.7 Å². The zero-order valence-corrected chi connectivity index (χ0v) is 20.5. The average molecular weight is 498 g/mol. The maximum Gasteiger partial charge on any atom is 0.271 e. The van der Waals surface area contributed by atoms with Gasteiger partial charge in [-0.15, -0.1) is 0 Å². The summed E-state index contributed by atoms with van der Waals surface area (Å²) in [6.45, 7) is 1.79. The Hall–Kier alpha value is -4.43. The quantitative estimate of drug-likeness (QED) is 0.441. The van der Waals surface area contributed by atoms with Crippen LogP contribution in [0.15, 0.2) is 99.9 Å². The predicted molar refractivity (Wildman–Crippen MR) is 140 cm³/mol. The van der Waals surface area contributed by atoms with Gasteiger partial charge in [0.2, 0.25) is 0 Å². The lowest BCUT2D eigenvalue weighted by Gasteiger charge is -2.25. The number of allylic oxidation sites excluding steroid dienone is 1. The van der Waals surface area contributed by atoms with Gasteiger partial charge >= 0.3 is 0 Å². The summed E-state index contributed by atoms with van der Waals surface area (Å²) in [6, 6.07) is 22.4. The molecule has 1 amide bonds. The highest BCUT2D eigenvalue weighted by molar-refractivity contribution is 7.07. The van der Waals surface area contributed by atoms with E-state index in [1.54, 1.807) is 48.9 Å². The molecule has 0 aliphatic carbocycles. The van der Waals surface area contributed by atoms with Crippen molar-refractivity contribution in [3.05, 3.63) is 121 Å². The van der Waals surface area contributed by atoms with Crippen molar-refractivity contribution in [3.63, 3.8) is 0 Å². The number of rotatable bonds is 5. The second-order valence-corrected chi connectivity index (χ2v) is 9.28. The average Bonchev–Trinajstić information content (AvgIpc) is 3.19. The van der Waals surface area contributed by atoms with Crippen molar-refractivity contribution in [1.82, 2.24) is 4.57 Å². The molecule has 0 saturated carbocycles. The van der Waals surface area contributed by atoms with Gasteiger partial charge in [-0.25, -0.2) is 4.99 Å². The molecule has 1 aliphatic heterocycles. The van der Waals surface area contributed by atoms with Crippen LogP contribution in [0, 0.1) is 0 Å². The Kier molecular flexibility index (Phi) is 6.26. The summed E-state index contributed by atoms with van der Waals surface area (Å²) in [5, 5.41) is 12.5. The summed E-state index contributed by atoms with van der Waals surface area (Å²) in [5.41, 5.74) is 2.89. The number of benzene rings is 3. The predicted octanol–water partition coefficient (Wildman–Crippen LogP) is 3.59. The molecule has 8 heteroatoms. The van der Waals surface area contributed by atoms with Crippen LogP contribution >= 0.6 is 11.3 Å². The Balaban J connectivity index is 1.67. The van der Waals surface area contributed by atoms with Gasteiger partial charge in [-0.2, -0.15) is 0 Å². The lowest BCUT2D eigenvalue weighted by Crippen LogP contribution is -2.40. The number of phenolic OH excluding ortho intramolecular Hbond substituents is 1. The summed E-state index contributed by atoms with van der Waals surface area (Å²) >= 11 is 1.26. The summed E-state index contributed by atoms with van der Waals surface area (Å²) in [6.07, 6.45) is 1.76. The number of carbonyl (C=O) groups is 1. The highest BCUT2D eigenvalue weighted by Crippen LogP contribution is 2.31. The van der Waals surface area contributed by atoms with Crippen LogP contribution in [-0.2, 0) is 4.79 Å². The van der Waals surface area contributed by atoms with E-state index >= 15 is 0 Å². The SMILES string of the molecule is COc1ccc([C@@H]2C(C(=O)Nc3ccccc3)=C(C)N=c3s/c(=C/c4ccc(O)cc4)c(=O)n32)cc1. The molecule has 0 saturated heterocycles. The lowest BCUT2D eigenvalue weighted by molar-refractivity contribution is -0.113. The number of carbonyl (C=O) groups excluding carboxylic acids is 1. The van der Waals surface area contributed by atoms with E-state index in [1.807, 2.05) is 54.6 Å². The topological polar surface area (TPSA) is 92.9 Å². The Morgan fingerprint density at radius 2 is 1.75 bits per heavy atom. The monoisotopic (exact) mass is 497 g/mol. The number of fused-ring (bicyclic) bond motifs is 1. The number of phenols is 1. The number of hydrogen-bond acceptors (Lipinski definition) is 6. The Morgan fingerprint density at radius 1 is 1.06 bits per heavy atom. The van der Waals surface area contributed by atoms with Crippen LogP contribution in [0.25, 0.3) is 6.08 Å². The molecule has 0 radical (unpaired) electrons. The summed E-state index contributed by atoms with van der Waals surface area (Å²) in [5.74, 6) is 0.503. The van der Waals surface area contributed by atoms with Crippen molar-refractivity contribution < 1.29 is 14.6 Å². The fourth-order valence-electron chi connectivity index (χ4n) is 4.16. The van der Waals surface area contributed by atoms with E-state index in [0.717, 1.165) is 11.1 Å². The molecule has 2 N–H and O–H groups in total. The molecule has 1 aromatic heterocycles. The minimum absolute atomic E-state index is 0.151. The molecule has 7 nitrogen and oxygen atoms in total. The summed E-state index contributed by atoms with van der Waals surface area (Å²) in [7, 11) is 1.59. The van der Waals surface area contributed by atoms with Gasteiger partial charge in [0.05, 0.1) is 29.0 Å². The van der Waals surface area contributed by atoms with Gasteiger partial charge in [0.25, 0.3) is 11.5 Å². The summed E-state index contributed by atoms with van der Waals surface area (Å²) < 4.78 is 7.36. The molecule has 3 aromatic carbocycles. The number of nitrogens with one attached hydrogen (secondary N) is 1. The molecule has 180 valence electrons. The number of anilines is 1.